The number of fused-ring (bicyclic) bond motifs is 1. The number of aromatic nitrogens is 2. The molecule has 0 radical (unpaired) electrons. The third-order valence-corrected chi connectivity index (χ3v) is 7.62. The fourth-order valence-electron chi connectivity index (χ4n) is 3.04. The molecule has 0 aliphatic carbocycles. The van der Waals surface area contributed by atoms with Crippen LogP contribution < -0.4 is 9.29 Å². The van der Waals surface area contributed by atoms with E-state index in [0.717, 1.165) is 10.9 Å². The van der Waals surface area contributed by atoms with Crippen molar-refractivity contribution < 1.29 is 22.5 Å². The van der Waals surface area contributed by atoms with Crippen LogP contribution in [0, 0.1) is 11.4 Å². The molecule has 1 aromatic carbocycles. The number of hydrogen-bond donors (Lipinski definition) is 1. The lowest BCUT2D eigenvalue weighted by atomic mass is 10.0. The molecule has 3 heterocycles. The molecule has 4 rings (SSSR count). The number of ketones is 1. The van der Waals surface area contributed by atoms with E-state index in [4.69, 9.17) is 0 Å². The summed E-state index contributed by atoms with van der Waals surface area (Å²) in [6.07, 6.45) is 4.90. The van der Waals surface area contributed by atoms with Crippen LogP contribution in [0.15, 0.2) is 55.0 Å². The first-order valence-corrected chi connectivity index (χ1v) is 11.2. The molecule has 0 fully saturated rings. The van der Waals surface area contributed by atoms with Gasteiger partial charge in [0, 0.05) is 0 Å². The van der Waals surface area contributed by atoms with Crippen LogP contribution in [0.2, 0.25) is 0 Å². The van der Waals surface area contributed by atoms with Crippen LogP contribution in [0.3, 0.4) is 0 Å². The van der Waals surface area contributed by atoms with E-state index in [1.54, 1.807) is 55.9 Å². The van der Waals surface area contributed by atoms with Crippen LogP contribution >= 0.6 is 0 Å². The number of pyridine rings is 1. The molecule has 0 saturated carbocycles. The summed E-state index contributed by atoms with van der Waals surface area (Å²) in [6.45, 7) is 3.26. The van der Waals surface area contributed by atoms with Gasteiger partial charge >= 0.3 is 10.0 Å². The van der Waals surface area contributed by atoms with Gasteiger partial charge in [-0.15, -0.1) is 24.3 Å². The number of hydrogen-bond acceptors (Lipinski definition) is 4. The summed E-state index contributed by atoms with van der Waals surface area (Å²) in [5.74, 6) is -0.194. The zero-order valence-corrected chi connectivity index (χ0v) is 17.0. The third kappa shape index (κ3) is 3.09. The summed E-state index contributed by atoms with van der Waals surface area (Å²) in [4.78, 5) is 17.3. The lowest BCUT2D eigenvalue weighted by Crippen LogP contribution is -2.86. The number of nitrogens with zero attached hydrogens (tertiary/aromatic N) is 2. The minimum absolute atomic E-state index is 0.194. The zero-order chi connectivity index (χ0) is 19.9. The largest absolute Gasteiger partial charge is 0.358 e. The second-order valence-corrected chi connectivity index (χ2v) is 10.00. The molecule has 1 aliphatic rings. The van der Waals surface area contributed by atoms with Gasteiger partial charge in [0.2, 0.25) is 0 Å². The first-order chi connectivity index (χ1) is 13.4. The Morgan fingerprint density at radius 3 is 2.79 bits per heavy atom. The predicted molar refractivity (Wildman–Crippen MR) is 109 cm³/mol. The van der Waals surface area contributed by atoms with Gasteiger partial charge in [0.25, 0.3) is 5.37 Å². The fourth-order valence-corrected chi connectivity index (χ4v) is 5.06. The van der Waals surface area contributed by atoms with Crippen molar-refractivity contribution in [1.82, 2.24) is 4.98 Å². The standard InChI is InChI=1S/C20H19N3O3S2/c1-13(2)28(25,26)23-11-16(15-7-3-4-8-18(15)23)19(24)17-12-27-20(22-17)14-6-5-9-21-10-14/h3-13H,22H2,1-2H3. The van der Waals surface area contributed by atoms with Crippen LogP contribution in [-0.2, 0) is 21.4 Å². The Kier molecular flexibility index (Phi) is 4.70. The molecule has 2 N–H and O–H groups in total. The van der Waals surface area contributed by atoms with Crippen molar-refractivity contribution in [1.29, 1.82) is 0 Å². The summed E-state index contributed by atoms with van der Waals surface area (Å²) < 4.78 is 26.7. The Balaban J connectivity index is 1.71. The maximum atomic E-state index is 13.2. The minimum Gasteiger partial charge on any atom is -0.345 e. The van der Waals surface area contributed by atoms with E-state index in [1.165, 1.54) is 21.5 Å². The highest BCUT2D eigenvalue weighted by atomic mass is 32.2. The second kappa shape index (κ2) is 7.05. The normalized spacial score (nSPS) is 14.4. The Morgan fingerprint density at radius 1 is 1.25 bits per heavy atom. The lowest BCUT2D eigenvalue weighted by Gasteiger charge is -2.12. The quantitative estimate of drug-likeness (QED) is 0.218. The number of quaternary nitrogens is 1. The van der Waals surface area contributed by atoms with Crippen LogP contribution in [0.4, 0.5) is 0 Å². The number of carbonyl (C=O) groups is 1. The highest BCUT2D eigenvalue weighted by molar-refractivity contribution is 7.85. The molecule has 8 heteroatoms. The number of para-hydroxylation sites is 1. The van der Waals surface area contributed by atoms with Gasteiger partial charge in [-0.25, -0.2) is 0 Å². The molecular weight excluding hydrogens is 394 g/mol. The van der Waals surface area contributed by atoms with Crippen LogP contribution in [-0.4, -0.2) is 29.8 Å². The number of nitrogens with two attached hydrogens (primary N) is 1. The molecule has 144 valence electrons. The highest BCUT2D eigenvalue weighted by Crippen LogP contribution is 2.21. The van der Waals surface area contributed by atoms with Gasteiger partial charge in [-0.3, -0.25) is 0 Å². The fraction of sp³-hybridized carbons (Fsp3) is 0.150. The lowest BCUT2D eigenvalue weighted by molar-refractivity contribution is -0.580. The topological polar surface area (TPSA) is 84.6 Å². The van der Waals surface area contributed by atoms with Crippen molar-refractivity contribution in [2.24, 2.45) is 0 Å². The van der Waals surface area contributed by atoms with Gasteiger partial charge in [0.15, 0.2) is 22.2 Å². The molecule has 0 unspecified atom stereocenters. The summed E-state index contributed by atoms with van der Waals surface area (Å²) in [6, 6.07) is 11.4. The van der Waals surface area contributed by atoms with Crippen molar-refractivity contribution in [3.63, 3.8) is 0 Å². The van der Waals surface area contributed by atoms with E-state index in [-0.39, 0.29) is 5.78 Å². The molecule has 1 aliphatic heterocycles. The molecule has 0 spiro atoms. The Labute approximate surface area is 167 Å². The van der Waals surface area contributed by atoms with Crippen molar-refractivity contribution >= 4 is 43.4 Å². The summed E-state index contributed by atoms with van der Waals surface area (Å²) in [7, 11) is -3.58. The number of rotatable bonds is 5. The maximum Gasteiger partial charge on any atom is 0.358 e. The molecule has 0 saturated heterocycles. The average Bonchev–Trinajstić information content (AvgIpc) is 3.34. The molecule has 3 aromatic rings. The van der Waals surface area contributed by atoms with E-state index in [2.05, 4.69) is 4.98 Å². The smallest absolute Gasteiger partial charge is 0.345 e. The van der Waals surface area contributed by atoms with E-state index in [1.807, 2.05) is 17.4 Å². The van der Waals surface area contributed by atoms with E-state index < -0.39 is 15.3 Å². The summed E-state index contributed by atoms with van der Waals surface area (Å²) in [5, 5.41) is 4.60. The SMILES string of the molecule is CC(C)S(=O)(=O)[n+]1cc(C(=O)[C-]2C=[S+][C-](c3cccnc3)[NH2+]2)c2cccc[c-]21. The van der Waals surface area contributed by atoms with Gasteiger partial charge in [-0.05, 0) is 36.6 Å². The van der Waals surface area contributed by atoms with E-state index >= 15 is 0 Å². The zero-order valence-electron chi connectivity index (χ0n) is 15.4. The second-order valence-electron chi connectivity index (χ2n) is 6.72. The predicted octanol–water partition coefficient (Wildman–Crippen LogP) is 0.542. The van der Waals surface area contributed by atoms with Crippen molar-refractivity contribution in [3.8, 4) is 0 Å². The number of benzene rings is 1. The first-order valence-electron chi connectivity index (χ1n) is 8.77. The van der Waals surface area contributed by atoms with Crippen molar-refractivity contribution in [3.05, 3.63) is 77.5 Å². The van der Waals surface area contributed by atoms with Gasteiger partial charge < -0.3 is 15.1 Å². The molecule has 0 atom stereocenters. The monoisotopic (exact) mass is 413 g/mol. The van der Waals surface area contributed by atoms with Crippen LogP contribution in [0.5, 0.6) is 0 Å². The van der Waals surface area contributed by atoms with E-state index in [9.17, 15) is 13.2 Å². The average molecular weight is 414 g/mol. The minimum atomic E-state index is -3.58. The van der Waals surface area contributed by atoms with Gasteiger partial charge in [-0.1, -0.05) is 18.3 Å². The van der Waals surface area contributed by atoms with Gasteiger partial charge in [-0.2, -0.15) is 12.4 Å². The van der Waals surface area contributed by atoms with Crippen LogP contribution in [0.1, 0.15) is 29.8 Å². The molecular formula is C20H19N3O3S2. The third-order valence-electron chi connectivity index (χ3n) is 4.60. The first kappa shape index (κ1) is 18.7. The maximum absolute atomic E-state index is 13.2. The Hall–Kier alpha value is -2.68. The number of Topliss-reactive ketones (excluding diaryl/α,β-unsaturated/α-hetero) is 1. The van der Waals surface area contributed by atoms with Gasteiger partial charge in [0.1, 0.15) is 17.2 Å². The molecule has 0 amide bonds. The van der Waals surface area contributed by atoms with Crippen molar-refractivity contribution in [2.45, 2.75) is 19.1 Å². The van der Waals surface area contributed by atoms with Gasteiger partial charge in [0.05, 0.1) is 6.04 Å². The summed E-state index contributed by atoms with van der Waals surface area (Å²) in [5.41, 5.74) is 1.84. The van der Waals surface area contributed by atoms with E-state index in [0.29, 0.717) is 22.5 Å². The number of carbonyl (C=O) groups excluding carboxylic acids is 1. The molecule has 2 aromatic heterocycles. The molecule has 28 heavy (non-hydrogen) atoms. The molecule has 6 nitrogen and oxygen atoms in total. The Bertz CT molecular complexity index is 1170. The van der Waals surface area contributed by atoms with Crippen LogP contribution in [0.25, 0.3) is 10.9 Å². The molecule has 0 bridgehead atoms. The Morgan fingerprint density at radius 2 is 2.07 bits per heavy atom. The summed E-state index contributed by atoms with van der Waals surface area (Å²) >= 11 is 1.46. The van der Waals surface area contributed by atoms with Crippen molar-refractivity contribution in [2.75, 3.05) is 0 Å². The highest BCUT2D eigenvalue weighted by Gasteiger charge is 2.35.